The van der Waals surface area contributed by atoms with Gasteiger partial charge in [-0.25, -0.2) is 0 Å². The Labute approximate surface area is 120 Å². The topological polar surface area (TPSA) is 64.3 Å². The van der Waals surface area contributed by atoms with E-state index >= 15 is 0 Å². The van der Waals surface area contributed by atoms with E-state index in [2.05, 4.69) is 17.4 Å². The summed E-state index contributed by atoms with van der Waals surface area (Å²) in [5, 5.41) is 3.09. The van der Waals surface area contributed by atoms with Crippen molar-refractivity contribution in [3.8, 4) is 5.75 Å². The molecule has 0 aromatic heterocycles. The lowest BCUT2D eigenvalue weighted by Gasteiger charge is -2.27. The second-order valence-electron chi connectivity index (χ2n) is 5.65. The number of hydrogen-bond donors (Lipinski definition) is 2. The molecule has 110 valence electrons. The minimum atomic E-state index is -0.829. The summed E-state index contributed by atoms with van der Waals surface area (Å²) in [7, 11) is 0. The number of nitrogens with one attached hydrogen (secondary N) is 1. The van der Waals surface area contributed by atoms with Crippen LogP contribution in [0.2, 0.25) is 0 Å². The maximum atomic E-state index is 11.5. The molecule has 1 aromatic carbocycles. The van der Waals surface area contributed by atoms with Crippen LogP contribution in [-0.2, 0) is 17.6 Å². The quantitative estimate of drug-likeness (QED) is 0.832. The van der Waals surface area contributed by atoms with Gasteiger partial charge in [-0.3, -0.25) is 4.79 Å². The third kappa shape index (κ3) is 3.31. The van der Waals surface area contributed by atoms with Gasteiger partial charge in [0.15, 0.2) is 0 Å². The first-order valence-corrected chi connectivity index (χ1v) is 7.34. The molecule has 0 heterocycles. The van der Waals surface area contributed by atoms with Gasteiger partial charge in [-0.05, 0) is 62.4 Å². The molecule has 1 aliphatic rings. The van der Waals surface area contributed by atoms with E-state index in [1.54, 1.807) is 6.92 Å². The first kappa shape index (κ1) is 14.9. The summed E-state index contributed by atoms with van der Waals surface area (Å²) < 4.78 is 5.79. The highest BCUT2D eigenvalue weighted by molar-refractivity contribution is 5.84. The van der Waals surface area contributed by atoms with E-state index in [1.165, 1.54) is 24.0 Å². The fraction of sp³-hybridized carbons (Fsp3) is 0.562. The lowest BCUT2D eigenvalue weighted by atomic mass is 9.92. The summed E-state index contributed by atoms with van der Waals surface area (Å²) >= 11 is 0. The molecule has 0 radical (unpaired) electrons. The average Bonchev–Trinajstić information content (AvgIpc) is 2.45. The van der Waals surface area contributed by atoms with Crippen LogP contribution < -0.4 is 15.8 Å². The number of rotatable bonds is 6. The Kier molecular flexibility index (Phi) is 4.65. The van der Waals surface area contributed by atoms with Crippen molar-refractivity contribution in [3.63, 3.8) is 0 Å². The van der Waals surface area contributed by atoms with Gasteiger partial charge in [0.25, 0.3) is 0 Å². The third-order valence-electron chi connectivity index (χ3n) is 3.96. The molecular weight excluding hydrogens is 252 g/mol. The lowest BCUT2D eigenvalue weighted by molar-refractivity contribution is -0.124. The van der Waals surface area contributed by atoms with Crippen LogP contribution in [-0.4, -0.2) is 24.6 Å². The van der Waals surface area contributed by atoms with Crippen molar-refractivity contribution < 1.29 is 9.53 Å². The molecule has 20 heavy (non-hydrogen) atoms. The van der Waals surface area contributed by atoms with Gasteiger partial charge in [0.2, 0.25) is 5.91 Å². The zero-order valence-electron chi connectivity index (χ0n) is 12.4. The summed E-state index contributed by atoms with van der Waals surface area (Å²) in [5.74, 6) is 0.424. The first-order chi connectivity index (χ1) is 9.55. The number of aryl methyl sites for hydroxylation is 2. The number of ether oxygens (including phenoxy) is 1. The van der Waals surface area contributed by atoms with Crippen LogP contribution in [0, 0.1) is 0 Å². The Morgan fingerprint density at radius 2 is 2.05 bits per heavy atom. The molecule has 3 N–H and O–H groups in total. The second kappa shape index (κ2) is 6.27. The smallest absolute Gasteiger partial charge is 0.240 e. The Morgan fingerprint density at radius 1 is 1.35 bits per heavy atom. The molecule has 1 aromatic rings. The highest BCUT2D eigenvalue weighted by Crippen LogP contribution is 2.25. The number of hydrogen-bond acceptors (Lipinski definition) is 3. The van der Waals surface area contributed by atoms with Crippen LogP contribution in [0.5, 0.6) is 5.75 Å². The Bertz CT molecular complexity index is 487. The normalized spacial score (nSPS) is 17.1. The maximum absolute atomic E-state index is 11.5. The molecule has 2 rings (SSSR count). The van der Waals surface area contributed by atoms with Gasteiger partial charge >= 0.3 is 0 Å². The molecule has 1 aliphatic carbocycles. The fourth-order valence-electron chi connectivity index (χ4n) is 2.63. The van der Waals surface area contributed by atoms with Gasteiger partial charge in [-0.15, -0.1) is 0 Å². The van der Waals surface area contributed by atoms with Gasteiger partial charge in [0, 0.05) is 0 Å². The number of carbonyl (C=O) groups excluding carboxylic acids is 1. The zero-order chi connectivity index (χ0) is 14.6. The summed E-state index contributed by atoms with van der Waals surface area (Å²) in [6, 6.07) is 6.22. The van der Waals surface area contributed by atoms with E-state index in [0.717, 1.165) is 18.6 Å². The predicted octanol–water partition coefficient (Wildman–Crippen LogP) is 1.80. The Balaban J connectivity index is 2.04. The lowest BCUT2D eigenvalue weighted by Crippen LogP contribution is -2.57. The molecule has 0 bridgehead atoms. The summed E-state index contributed by atoms with van der Waals surface area (Å²) in [6.45, 7) is 4.64. The van der Waals surface area contributed by atoms with Gasteiger partial charge in [0.1, 0.15) is 17.9 Å². The van der Waals surface area contributed by atoms with Crippen LogP contribution in [0.3, 0.4) is 0 Å². The van der Waals surface area contributed by atoms with E-state index in [9.17, 15) is 4.79 Å². The number of likely N-dealkylation sites (N-methyl/N-ethyl adjacent to an activating group) is 1. The van der Waals surface area contributed by atoms with Gasteiger partial charge in [-0.2, -0.15) is 0 Å². The summed E-state index contributed by atoms with van der Waals surface area (Å²) in [4.78, 5) is 11.5. The van der Waals surface area contributed by atoms with E-state index in [-0.39, 0.29) is 6.61 Å². The molecule has 4 nitrogen and oxygen atoms in total. The minimum absolute atomic E-state index is 0.245. The molecule has 1 atom stereocenters. The van der Waals surface area contributed by atoms with Crippen molar-refractivity contribution in [2.45, 2.75) is 45.1 Å². The number of primary amides is 1. The minimum Gasteiger partial charge on any atom is -0.491 e. The molecule has 1 unspecified atom stereocenters. The fourth-order valence-corrected chi connectivity index (χ4v) is 2.63. The predicted molar refractivity (Wildman–Crippen MR) is 79.9 cm³/mol. The Morgan fingerprint density at radius 3 is 2.70 bits per heavy atom. The number of amides is 1. The largest absolute Gasteiger partial charge is 0.491 e. The van der Waals surface area contributed by atoms with Gasteiger partial charge < -0.3 is 15.8 Å². The highest BCUT2D eigenvalue weighted by atomic mass is 16.5. The van der Waals surface area contributed by atoms with Crippen LogP contribution >= 0.6 is 0 Å². The van der Waals surface area contributed by atoms with Crippen molar-refractivity contribution in [3.05, 3.63) is 29.3 Å². The van der Waals surface area contributed by atoms with Crippen LogP contribution in [0.25, 0.3) is 0 Å². The number of carbonyl (C=O) groups is 1. The van der Waals surface area contributed by atoms with E-state index < -0.39 is 11.4 Å². The van der Waals surface area contributed by atoms with Crippen molar-refractivity contribution in [2.75, 3.05) is 13.2 Å². The van der Waals surface area contributed by atoms with Crippen LogP contribution in [0.4, 0.5) is 0 Å². The first-order valence-electron chi connectivity index (χ1n) is 7.34. The maximum Gasteiger partial charge on any atom is 0.240 e. The average molecular weight is 276 g/mol. The standard InChI is InChI=1S/C16H24N2O2/c1-3-18-16(2,15(17)19)11-20-14-9-8-12-6-4-5-7-13(12)10-14/h8-10,18H,3-7,11H2,1-2H3,(H2,17,19). The van der Waals surface area contributed by atoms with E-state index in [4.69, 9.17) is 10.5 Å². The second-order valence-corrected chi connectivity index (χ2v) is 5.65. The number of benzene rings is 1. The molecule has 0 fully saturated rings. The molecule has 0 saturated carbocycles. The summed E-state index contributed by atoms with van der Waals surface area (Å²) in [6.07, 6.45) is 4.79. The molecule has 0 aliphatic heterocycles. The van der Waals surface area contributed by atoms with Crippen molar-refractivity contribution >= 4 is 5.91 Å². The highest BCUT2D eigenvalue weighted by Gasteiger charge is 2.31. The monoisotopic (exact) mass is 276 g/mol. The zero-order valence-corrected chi connectivity index (χ0v) is 12.4. The van der Waals surface area contributed by atoms with Crippen molar-refractivity contribution in [1.82, 2.24) is 5.32 Å². The van der Waals surface area contributed by atoms with Crippen molar-refractivity contribution in [1.29, 1.82) is 0 Å². The number of nitrogens with two attached hydrogens (primary N) is 1. The summed E-state index contributed by atoms with van der Waals surface area (Å²) in [5.41, 5.74) is 7.42. The van der Waals surface area contributed by atoms with E-state index in [1.807, 2.05) is 13.0 Å². The van der Waals surface area contributed by atoms with Gasteiger partial charge in [0.05, 0.1) is 0 Å². The number of fused-ring (bicyclic) bond motifs is 1. The van der Waals surface area contributed by atoms with Gasteiger partial charge in [-0.1, -0.05) is 13.0 Å². The molecule has 4 heteroatoms. The van der Waals surface area contributed by atoms with Crippen LogP contribution in [0.15, 0.2) is 18.2 Å². The molecule has 1 amide bonds. The van der Waals surface area contributed by atoms with Crippen molar-refractivity contribution in [2.24, 2.45) is 5.73 Å². The molecular formula is C16H24N2O2. The Hall–Kier alpha value is -1.55. The van der Waals surface area contributed by atoms with Crippen LogP contribution in [0.1, 0.15) is 37.8 Å². The third-order valence-corrected chi connectivity index (χ3v) is 3.96. The SMILES string of the molecule is CCNC(C)(COc1ccc2c(c1)CCCC2)C(N)=O. The van der Waals surface area contributed by atoms with E-state index in [0.29, 0.717) is 6.54 Å². The molecule has 0 spiro atoms. The molecule has 0 saturated heterocycles.